The fourth-order valence-electron chi connectivity index (χ4n) is 2.23. The second-order valence-corrected chi connectivity index (χ2v) is 7.11. The Hall–Kier alpha value is -2.67. The monoisotopic (exact) mass is 345 g/mol. The molecule has 1 heterocycles. The number of aryl methyl sites for hydroxylation is 1. The molecule has 7 heteroatoms. The number of nitrogens with zero attached hydrogens (tertiary/aromatic N) is 2. The average Bonchev–Trinajstić information content (AvgIpc) is 2.97. The summed E-state index contributed by atoms with van der Waals surface area (Å²) in [5.74, 6) is -0.558. The maximum atomic E-state index is 13.6. The topological polar surface area (TPSA) is 64.0 Å². The van der Waals surface area contributed by atoms with Crippen LogP contribution in [0.3, 0.4) is 0 Å². The molecule has 124 valence electrons. The molecule has 24 heavy (non-hydrogen) atoms. The SMILES string of the molecule is Cc1ccc(S(=O)(=O)Nc2cnn(Cc3ccccc3)c2)cc1F. The van der Waals surface area contributed by atoms with Crippen LogP contribution >= 0.6 is 0 Å². The molecule has 0 amide bonds. The quantitative estimate of drug-likeness (QED) is 0.772. The second-order valence-electron chi connectivity index (χ2n) is 5.43. The molecule has 2 aromatic carbocycles. The molecule has 0 aliphatic rings. The van der Waals surface area contributed by atoms with E-state index in [-0.39, 0.29) is 4.90 Å². The van der Waals surface area contributed by atoms with Gasteiger partial charge in [0.05, 0.1) is 23.3 Å². The van der Waals surface area contributed by atoms with Gasteiger partial charge in [-0.25, -0.2) is 12.8 Å². The van der Waals surface area contributed by atoms with E-state index in [0.717, 1.165) is 11.6 Å². The molecule has 5 nitrogen and oxygen atoms in total. The summed E-state index contributed by atoms with van der Waals surface area (Å²) in [7, 11) is -3.86. The predicted molar refractivity (Wildman–Crippen MR) is 89.7 cm³/mol. The van der Waals surface area contributed by atoms with E-state index in [1.165, 1.54) is 18.3 Å². The van der Waals surface area contributed by atoms with E-state index in [9.17, 15) is 12.8 Å². The van der Waals surface area contributed by atoms with Crippen molar-refractivity contribution < 1.29 is 12.8 Å². The van der Waals surface area contributed by atoms with Crippen molar-refractivity contribution in [3.8, 4) is 0 Å². The van der Waals surface area contributed by atoms with Crippen LogP contribution in [0.4, 0.5) is 10.1 Å². The highest BCUT2D eigenvalue weighted by molar-refractivity contribution is 7.92. The van der Waals surface area contributed by atoms with E-state index >= 15 is 0 Å². The molecule has 0 saturated heterocycles. The molecule has 1 aromatic heterocycles. The number of rotatable bonds is 5. The van der Waals surface area contributed by atoms with Crippen LogP contribution in [0, 0.1) is 12.7 Å². The fraction of sp³-hybridized carbons (Fsp3) is 0.118. The van der Waals surface area contributed by atoms with Gasteiger partial charge in [0.25, 0.3) is 10.0 Å². The summed E-state index contributed by atoms with van der Waals surface area (Å²) in [4.78, 5) is -0.124. The number of sulfonamides is 1. The van der Waals surface area contributed by atoms with Gasteiger partial charge in [-0.15, -0.1) is 0 Å². The first-order chi connectivity index (χ1) is 11.4. The molecular formula is C17H16FN3O2S. The normalized spacial score (nSPS) is 11.4. The summed E-state index contributed by atoms with van der Waals surface area (Å²) in [6.45, 7) is 2.11. The zero-order valence-corrected chi connectivity index (χ0v) is 13.8. The number of halogens is 1. The van der Waals surface area contributed by atoms with Crippen LogP contribution in [0.1, 0.15) is 11.1 Å². The van der Waals surface area contributed by atoms with E-state index in [0.29, 0.717) is 17.8 Å². The molecule has 0 bridgehead atoms. The highest BCUT2D eigenvalue weighted by Gasteiger charge is 2.16. The van der Waals surface area contributed by atoms with Crippen LogP contribution in [0.15, 0.2) is 65.8 Å². The Bertz CT molecular complexity index is 953. The van der Waals surface area contributed by atoms with Gasteiger partial charge in [0.1, 0.15) is 5.82 Å². The van der Waals surface area contributed by atoms with Gasteiger partial charge in [-0.3, -0.25) is 9.40 Å². The van der Waals surface area contributed by atoms with E-state index in [1.807, 2.05) is 30.3 Å². The number of hydrogen-bond acceptors (Lipinski definition) is 3. The molecule has 0 radical (unpaired) electrons. The predicted octanol–water partition coefficient (Wildman–Crippen LogP) is 3.18. The van der Waals surface area contributed by atoms with Crippen molar-refractivity contribution in [1.29, 1.82) is 0 Å². The van der Waals surface area contributed by atoms with Crippen molar-refractivity contribution in [3.05, 3.63) is 77.9 Å². The second kappa shape index (κ2) is 6.45. The molecule has 0 fully saturated rings. The molecular weight excluding hydrogens is 329 g/mol. The molecule has 0 aliphatic heterocycles. The molecule has 1 N–H and O–H groups in total. The molecule has 0 aliphatic carbocycles. The van der Waals surface area contributed by atoms with E-state index in [1.54, 1.807) is 17.8 Å². The number of nitrogens with one attached hydrogen (secondary N) is 1. The minimum atomic E-state index is -3.86. The van der Waals surface area contributed by atoms with Crippen molar-refractivity contribution in [2.45, 2.75) is 18.4 Å². The first-order valence-electron chi connectivity index (χ1n) is 7.29. The van der Waals surface area contributed by atoms with E-state index < -0.39 is 15.8 Å². The largest absolute Gasteiger partial charge is 0.276 e. The number of benzene rings is 2. The van der Waals surface area contributed by atoms with Crippen LogP contribution in [0.25, 0.3) is 0 Å². The summed E-state index contributed by atoms with van der Waals surface area (Å²) in [6, 6.07) is 13.5. The number of hydrogen-bond donors (Lipinski definition) is 1. The number of aromatic nitrogens is 2. The first kappa shape index (κ1) is 16.2. The Balaban J connectivity index is 1.77. The Labute approximate surface area is 139 Å². The molecule has 0 saturated carbocycles. The van der Waals surface area contributed by atoms with Gasteiger partial charge in [0.15, 0.2) is 0 Å². The van der Waals surface area contributed by atoms with Crippen LogP contribution < -0.4 is 4.72 Å². The maximum Gasteiger partial charge on any atom is 0.262 e. The Morgan fingerprint density at radius 1 is 1.17 bits per heavy atom. The lowest BCUT2D eigenvalue weighted by molar-refractivity contribution is 0.593. The third kappa shape index (κ3) is 3.62. The van der Waals surface area contributed by atoms with Crippen LogP contribution in [-0.4, -0.2) is 18.2 Å². The summed E-state index contributed by atoms with van der Waals surface area (Å²) in [5.41, 5.74) is 1.77. The first-order valence-corrected chi connectivity index (χ1v) is 8.78. The minimum Gasteiger partial charge on any atom is -0.276 e. The van der Waals surface area contributed by atoms with Gasteiger partial charge in [-0.2, -0.15) is 5.10 Å². The molecule has 0 spiro atoms. The van der Waals surface area contributed by atoms with Gasteiger partial charge in [0, 0.05) is 6.20 Å². The van der Waals surface area contributed by atoms with E-state index in [2.05, 4.69) is 9.82 Å². The number of anilines is 1. The fourth-order valence-corrected chi connectivity index (χ4v) is 3.27. The van der Waals surface area contributed by atoms with Crippen molar-refractivity contribution in [2.75, 3.05) is 4.72 Å². The standard InChI is InChI=1S/C17H16FN3O2S/c1-13-7-8-16(9-17(13)18)24(22,23)20-15-10-19-21(12-15)11-14-5-3-2-4-6-14/h2-10,12,20H,11H2,1H3. The summed E-state index contributed by atoms with van der Waals surface area (Å²) < 4.78 is 42.3. The molecule has 0 unspecified atom stereocenters. The van der Waals surface area contributed by atoms with Gasteiger partial charge in [-0.05, 0) is 30.2 Å². The Kier molecular flexibility index (Phi) is 4.35. The summed E-state index contributed by atoms with van der Waals surface area (Å²) >= 11 is 0. The molecule has 3 rings (SSSR count). The summed E-state index contributed by atoms with van der Waals surface area (Å²) in [5, 5.41) is 4.14. The zero-order valence-electron chi connectivity index (χ0n) is 13.0. The van der Waals surface area contributed by atoms with Gasteiger partial charge in [-0.1, -0.05) is 36.4 Å². The van der Waals surface area contributed by atoms with Gasteiger partial charge in [0.2, 0.25) is 0 Å². The lowest BCUT2D eigenvalue weighted by Crippen LogP contribution is -2.13. The lowest BCUT2D eigenvalue weighted by Gasteiger charge is -2.07. The minimum absolute atomic E-state index is 0.124. The van der Waals surface area contributed by atoms with Crippen molar-refractivity contribution >= 4 is 15.7 Å². The third-order valence-corrected chi connectivity index (χ3v) is 4.91. The van der Waals surface area contributed by atoms with Gasteiger partial charge < -0.3 is 0 Å². The summed E-state index contributed by atoms with van der Waals surface area (Å²) in [6.07, 6.45) is 3.01. The third-order valence-electron chi connectivity index (χ3n) is 3.53. The average molecular weight is 345 g/mol. The van der Waals surface area contributed by atoms with Crippen molar-refractivity contribution in [3.63, 3.8) is 0 Å². The Morgan fingerprint density at radius 3 is 2.62 bits per heavy atom. The van der Waals surface area contributed by atoms with E-state index in [4.69, 9.17) is 0 Å². The molecule has 3 aromatic rings. The van der Waals surface area contributed by atoms with Crippen LogP contribution in [-0.2, 0) is 16.6 Å². The van der Waals surface area contributed by atoms with Crippen molar-refractivity contribution in [1.82, 2.24) is 9.78 Å². The lowest BCUT2D eigenvalue weighted by atomic mass is 10.2. The zero-order chi connectivity index (χ0) is 17.2. The van der Waals surface area contributed by atoms with Crippen molar-refractivity contribution in [2.24, 2.45) is 0 Å². The highest BCUT2D eigenvalue weighted by atomic mass is 32.2. The Morgan fingerprint density at radius 2 is 1.92 bits per heavy atom. The van der Waals surface area contributed by atoms with Crippen LogP contribution in [0.2, 0.25) is 0 Å². The molecule has 0 atom stereocenters. The van der Waals surface area contributed by atoms with Crippen LogP contribution in [0.5, 0.6) is 0 Å². The van der Waals surface area contributed by atoms with Gasteiger partial charge >= 0.3 is 0 Å². The smallest absolute Gasteiger partial charge is 0.262 e. The highest BCUT2D eigenvalue weighted by Crippen LogP contribution is 2.18. The maximum absolute atomic E-state index is 13.6.